The lowest BCUT2D eigenvalue weighted by atomic mass is 9.74. The molecular weight excluding hydrogens is 442 g/mol. The Morgan fingerprint density at radius 1 is 1.06 bits per heavy atom. The van der Waals surface area contributed by atoms with Crippen molar-refractivity contribution in [3.8, 4) is 0 Å². The lowest BCUT2D eigenvalue weighted by Crippen LogP contribution is -2.51. The van der Waals surface area contributed by atoms with Crippen LogP contribution in [0.3, 0.4) is 0 Å². The van der Waals surface area contributed by atoms with Gasteiger partial charge >= 0.3 is 0 Å². The van der Waals surface area contributed by atoms with Gasteiger partial charge < -0.3 is 14.9 Å². The van der Waals surface area contributed by atoms with Crippen molar-refractivity contribution in [1.82, 2.24) is 9.80 Å². The quantitative estimate of drug-likeness (QED) is 0.587. The van der Waals surface area contributed by atoms with Gasteiger partial charge in [0.2, 0.25) is 0 Å². The van der Waals surface area contributed by atoms with E-state index in [0.717, 1.165) is 69.5 Å². The van der Waals surface area contributed by atoms with Gasteiger partial charge in [-0.15, -0.1) is 0 Å². The summed E-state index contributed by atoms with van der Waals surface area (Å²) in [6.45, 7) is 4.68. The molecule has 0 aromatic heterocycles. The Morgan fingerprint density at radius 2 is 1.79 bits per heavy atom. The molecule has 2 aliphatic rings. The smallest absolute Gasteiger partial charge is 0.128 e. The van der Waals surface area contributed by atoms with Crippen molar-refractivity contribution in [1.29, 1.82) is 0 Å². The number of likely N-dealkylation sites (N-methyl/N-ethyl adjacent to an activating group) is 1. The Kier molecular flexibility index (Phi) is 7.85. The molecule has 0 bridgehead atoms. The third-order valence-electron chi connectivity index (χ3n) is 7.27. The highest BCUT2D eigenvalue weighted by molar-refractivity contribution is 6.31. The summed E-state index contributed by atoms with van der Waals surface area (Å²) in [4.78, 5) is 4.73. The normalized spacial score (nSPS) is 26.5. The van der Waals surface area contributed by atoms with Crippen molar-refractivity contribution in [2.45, 2.75) is 37.7 Å². The van der Waals surface area contributed by atoms with E-state index in [1.54, 1.807) is 24.3 Å². The van der Waals surface area contributed by atoms with Gasteiger partial charge in [0.1, 0.15) is 11.6 Å². The molecule has 2 fully saturated rings. The summed E-state index contributed by atoms with van der Waals surface area (Å²) >= 11 is 6.40. The molecule has 1 saturated heterocycles. The molecule has 1 aliphatic heterocycles. The van der Waals surface area contributed by atoms with Gasteiger partial charge in [0.05, 0.1) is 5.60 Å². The van der Waals surface area contributed by atoms with Crippen LogP contribution in [0.5, 0.6) is 0 Å². The molecule has 1 N–H and O–H groups in total. The molecule has 33 heavy (non-hydrogen) atoms. The summed E-state index contributed by atoms with van der Waals surface area (Å²) < 4.78 is 28.3. The summed E-state index contributed by atoms with van der Waals surface area (Å²) in [5.74, 6) is -0.732. The molecule has 1 aliphatic carbocycles. The van der Waals surface area contributed by atoms with Gasteiger partial charge in [-0.3, -0.25) is 0 Å². The Hall–Kier alpha value is -1.79. The number of benzene rings is 2. The first-order valence-electron chi connectivity index (χ1n) is 11.9. The number of rotatable bonds is 5. The van der Waals surface area contributed by atoms with E-state index in [2.05, 4.69) is 16.8 Å². The van der Waals surface area contributed by atoms with Crippen LogP contribution < -0.4 is 0 Å². The van der Waals surface area contributed by atoms with Crippen LogP contribution in [0.4, 0.5) is 8.78 Å². The minimum atomic E-state index is -1.24. The maximum Gasteiger partial charge on any atom is 0.128 e. The molecule has 1 saturated carbocycles. The largest absolute Gasteiger partial charge is 0.385 e. The van der Waals surface area contributed by atoms with Crippen LogP contribution in [0, 0.1) is 17.6 Å². The number of hydrogen-bond donors (Lipinski definition) is 1. The van der Waals surface area contributed by atoms with Crippen LogP contribution in [0.15, 0.2) is 48.0 Å². The first-order valence-corrected chi connectivity index (χ1v) is 12.3. The number of halogens is 3. The van der Waals surface area contributed by atoms with Crippen LogP contribution in [-0.4, -0.2) is 60.3 Å². The fourth-order valence-electron chi connectivity index (χ4n) is 5.19. The SMILES string of the molecule is CN1CCN(CC2CCCCC(=Cc3ccc(F)cc3)C2(O)Cc2c(F)cccc2Cl)CC1. The third kappa shape index (κ3) is 5.83. The molecule has 2 aromatic carbocycles. The van der Waals surface area contributed by atoms with E-state index in [4.69, 9.17) is 11.6 Å². The number of nitrogens with zero attached hydrogens (tertiary/aromatic N) is 2. The Labute approximate surface area is 200 Å². The standard InChI is InChI=1S/C27H33ClF2N2O/c1-31-13-15-32(16-14-31)19-22-6-3-2-5-21(17-20-9-11-23(29)12-10-20)27(22,33)18-24-25(28)7-4-8-26(24)30/h4,7-12,17,22,33H,2-3,5-6,13-16,18-19H2,1H3. The van der Waals surface area contributed by atoms with Crippen molar-refractivity contribution in [3.63, 3.8) is 0 Å². The molecular formula is C27H33ClF2N2O. The van der Waals surface area contributed by atoms with Crippen molar-refractivity contribution in [2.24, 2.45) is 5.92 Å². The van der Waals surface area contributed by atoms with Crippen LogP contribution in [-0.2, 0) is 6.42 Å². The van der Waals surface area contributed by atoms with Crippen LogP contribution in [0.25, 0.3) is 6.08 Å². The molecule has 2 unspecified atom stereocenters. The second-order valence-electron chi connectivity index (χ2n) is 9.57. The molecule has 178 valence electrons. The van der Waals surface area contributed by atoms with Crippen LogP contribution in [0.2, 0.25) is 5.02 Å². The van der Waals surface area contributed by atoms with Gasteiger partial charge in [-0.2, -0.15) is 0 Å². The number of hydrogen-bond acceptors (Lipinski definition) is 3. The monoisotopic (exact) mass is 474 g/mol. The highest BCUT2D eigenvalue weighted by Crippen LogP contribution is 2.42. The molecule has 2 atom stereocenters. The fraction of sp³-hybridized carbons (Fsp3) is 0.481. The molecule has 4 rings (SSSR count). The van der Waals surface area contributed by atoms with Crippen molar-refractivity contribution < 1.29 is 13.9 Å². The maximum atomic E-state index is 14.8. The van der Waals surface area contributed by atoms with E-state index < -0.39 is 5.60 Å². The van der Waals surface area contributed by atoms with E-state index in [1.807, 2.05) is 6.08 Å². The summed E-state index contributed by atoms with van der Waals surface area (Å²) in [6.07, 6.45) is 5.65. The van der Waals surface area contributed by atoms with E-state index in [-0.39, 0.29) is 24.0 Å². The van der Waals surface area contributed by atoms with Gasteiger partial charge in [-0.25, -0.2) is 8.78 Å². The highest BCUT2D eigenvalue weighted by atomic mass is 35.5. The predicted octanol–water partition coefficient (Wildman–Crippen LogP) is 5.41. The van der Waals surface area contributed by atoms with Crippen molar-refractivity contribution in [2.75, 3.05) is 39.8 Å². The molecule has 0 radical (unpaired) electrons. The summed E-state index contributed by atoms with van der Waals surface area (Å²) in [5.41, 5.74) is 0.840. The fourth-order valence-corrected chi connectivity index (χ4v) is 5.42. The highest BCUT2D eigenvalue weighted by Gasteiger charge is 2.43. The second-order valence-corrected chi connectivity index (χ2v) is 9.98. The average Bonchev–Trinajstić information content (AvgIpc) is 2.93. The van der Waals surface area contributed by atoms with Gasteiger partial charge in [-0.1, -0.05) is 42.3 Å². The van der Waals surface area contributed by atoms with E-state index in [1.165, 1.54) is 18.2 Å². The Bertz CT molecular complexity index is 952. The first kappa shape index (κ1) is 24.3. The van der Waals surface area contributed by atoms with Gasteiger partial charge in [0, 0.05) is 55.6 Å². The Balaban J connectivity index is 1.72. The Morgan fingerprint density at radius 3 is 2.48 bits per heavy atom. The number of piperazine rings is 1. The van der Waals surface area contributed by atoms with Crippen LogP contribution in [0.1, 0.15) is 36.8 Å². The molecule has 0 amide bonds. The molecule has 3 nitrogen and oxygen atoms in total. The van der Waals surface area contributed by atoms with E-state index >= 15 is 0 Å². The number of aliphatic hydroxyl groups is 1. The van der Waals surface area contributed by atoms with Crippen molar-refractivity contribution >= 4 is 17.7 Å². The van der Waals surface area contributed by atoms with Gasteiger partial charge in [0.25, 0.3) is 0 Å². The minimum Gasteiger partial charge on any atom is -0.385 e. The maximum absolute atomic E-state index is 14.8. The zero-order valence-corrected chi connectivity index (χ0v) is 20.0. The minimum absolute atomic E-state index is 0.0502. The van der Waals surface area contributed by atoms with Gasteiger partial charge in [-0.05, 0) is 61.7 Å². The van der Waals surface area contributed by atoms with Gasteiger partial charge in [0.15, 0.2) is 0 Å². The summed E-state index contributed by atoms with van der Waals surface area (Å²) in [6, 6.07) is 11.0. The second kappa shape index (κ2) is 10.6. The molecule has 6 heteroatoms. The van der Waals surface area contributed by atoms with E-state index in [9.17, 15) is 13.9 Å². The molecule has 1 heterocycles. The van der Waals surface area contributed by atoms with E-state index in [0.29, 0.717) is 10.6 Å². The zero-order valence-electron chi connectivity index (χ0n) is 19.2. The predicted molar refractivity (Wildman–Crippen MR) is 130 cm³/mol. The van der Waals surface area contributed by atoms with Crippen LogP contribution >= 0.6 is 11.6 Å². The average molecular weight is 475 g/mol. The summed E-state index contributed by atoms with van der Waals surface area (Å²) in [7, 11) is 2.13. The molecule has 2 aromatic rings. The zero-order chi connectivity index (χ0) is 23.4. The lowest BCUT2D eigenvalue weighted by Gasteiger charge is -2.42. The summed E-state index contributed by atoms with van der Waals surface area (Å²) in [5, 5.41) is 12.7. The first-order chi connectivity index (χ1) is 15.8. The topological polar surface area (TPSA) is 26.7 Å². The van der Waals surface area contributed by atoms with Crippen molar-refractivity contribution in [3.05, 3.63) is 75.8 Å². The third-order valence-corrected chi connectivity index (χ3v) is 7.63. The molecule has 0 spiro atoms. The lowest BCUT2D eigenvalue weighted by molar-refractivity contribution is -0.00696.